The number of benzene rings is 1. The fourth-order valence-corrected chi connectivity index (χ4v) is 4.39. The maximum absolute atomic E-state index is 12.7. The summed E-state index contributed by atoms with van der Waals surface area (Å²) in [5.74, 6) is -0.366. The van der Waals surface area contributed by atoms with Gasteiger partial charge in [0.15, 0.2) is 5.69 Å². The lowest BCUT2D eigenvalue weighted by molar-refractivity contribution is -0.121. The first-order chi connectivity index (χ1) is 15.5. The Morgan fingerprint density at radius 1 is 1.19 bits per heavy atom. The minimum absolute atomic E-state index is 0.0151. The van der Waals surface area contributed by atoms with Crippen LogP contribution in [0.5, 0.6) is 0 Å². The highest BCUT2D eigenvalue weighted by atomic mass is 32.1. The summed E-state index contributed by atoms with van der Waals surface area (Å²) in [5, 5.41) is 10.5. The van der Waals surface area contributed by atoms with Crippen molar-refractivity contribution in [2.45, 2.75) is 33.2 Å². The molecule has 168 valence electrons. The molecule has 4 rings (SSSR count). The van der Waals surface area contributed by atoms with Crippen LogP contribution in [0, 0.1) is 12.8 Å². The predicted molar refractivity (Wildman–Crippen MR) is 123 cm³/mol. The number of amides is 1. The highest BCUT2D eigenvalue weighted by Gasteiger charge is 2.25. The second kappa shape index (κ2) is 10.1. The summed E-state index contributed by atoms with van der Waals surface area (Å²) in [6, 6.07) is 9.03. The molecule has 1 amide bonds. The number of hydrogen-bond acceptors (Lipinski definition) is 7. The topological polar surface area (TPSA) is 89.4 Å². The summed E-state index contributed by atoms with van der Waals surface area (Å²) in [6.45, 7) is 6.74. The van der Waals surface area contributed by atoms with E-state index in [0.29, 0.717) is 6.61 Å². The Labute approximate surface area is 191 Å². The smallest absolute Gasteiger partial charge is 0.358 e. The maximum Gasteiger partial charge on any atom is 0.358 e. The zero-order chi connectivity index (χ0) is 22.5. The SMILES string of the molecule is CCOC(=O)c1ccn(-c2ccc(NC(=O)C3CCN(Cc4csc(C)n4)CC3)cc2)n1. The molecule has 1 aliphatic rings. The van der Waals surface area contributed by atoms with Crippen molar-refractivity contribution in [3.05, 3.63) is 58.3 Å². The Kier molecular flexibility index (Phi) is 6.96. The predicted octanol–water partition coefficient (Wildman–Crippen LogP) is 3.66. The first-order valence-electron chi connectivity index (χ1n) is 10.8. The van der Waals surface area contributed by atoms with E-state index < -0.39 is 5.97 Å². The van der Waals surface area contributed by atoms with Gasteiger partial charge < -0.3 is 10.1 Å². The molecule has 0 radical (unpaired) electrons. The van der Waals surface area contributed by atoms with Crippen LogP contribution < -0.4 is 5.32 Å². The number of thiazole rings is 1. The number of rotatable bonds is 7. The first kappa shape index (κ1) is 22.2. The van der Waals surface area contributed by atoms with E-state index in [4.69, 9.17) is 4.74 Å². The molecule has 0 saturated carbocycles. The normalized spacial score (nSPS) is 14.9. The van der Waals surface area contributed by atoms with E-state index in [1.807, 2.05) is 31.2 Å². The fourth-order valence-electron chi connectivity index (χ4n) is 3.79. The average Bonchev–Trinajstić information content (AvgIpc) is 3.44. The lowest BCUT2D eigenvalue weighted by atomic mass is 9.95. The van der Waals surface area contributed by atoms with Gasteiger partial charge in [0.05, 0.1) is 23.0 Å². The van der Waals surface area contributed by atoms with Crippen LogP contribution in [-0.2, 0) is 16.1 Å². The van der Waals surface area contributed by atoms with Crippen molar-refractivity contribution in [1.29, 1.82) is 0 Å². The number of piperidine rings is 1. The lowest BCUT2D eigenvalue weighted by Gasteiger charge is -2.30. The van der Waals surface area contributed by atoms with Crippen LogP contribution in [0.25, 0.3) is 5.69 Å². The quantitative estimate of drug-likeness (QED) is 0.549. The molecule has 9 heteroatoms. The number of carbonyl (C=O) groups is 2. The van der Waals surface area contributed by atoms with Gasteiger partial charge in [0.2, 0.25) is 5.91 Å². The second-order valence-corrected chi connectivity index (χ2v) is 8.87. The van der Waals surface area contributed by atoms with Crippen LogP contribution in [0.1, 0.15) is 41.0 Å². The molecule has 1 saturated heterocycles. The number of anilines is 1. The van der Waals surface area contributed by atoms with Crippen molar-refractivity contribution in [1.82, 2.24) is 19.7 Å². The fraction of sp³-hybridized carbons (Fsp3) is 0.391. The standard InChI is InChI=1S/C23H27N5O3S/c1-3-31-23(30)21-10-13-28(26-21)20-6-4-18(5-7-20)25-22(29)17-8-11-27(12-9-17)14-19-15-32-16(2)24-19/h4-7,10,13,15,17H,3,8-9,11-12,14H2,1-2H3,(H,25,29). The van der Waals surface area contributed by atoms with Gasteiger partial charge in [-0.2, -0.15) is 5.10 Å². The second-order valence-electron chi connectivity index (χ2n) is 7.81. The highest BCUT2D eigenvalue weighted by Crippen LogP contribution is 2.22. The van der Waals surface area contributed by atoms with Crippen molar-refractivity contribution in [3.63, 3.8) is 0 Å². The molecule has 1 N–H and O–H groups in total. The molecule has 0 spiro atoms. The highest BCUT2D eigenvalue weighted by molar-refractivity contribution is 7.09. The van der Waals surface area contributed by atoms with E-state index in [1.54, 1.807) is 35.2 Å². The van der Waals surface area contributed by atoms with Crippen LogP contribution in [0.3, 0.4) is 0 Å². The molecule has 0 bridgehead atoms. The largest absolute Gasteiger partial charge is 0.461 e. The van der Waals surface area contributed by atoms with Crippen LogP contribution >= 0.6 is 11.3 Å². The number of hydrogen-bond donors (Lipinski definition) is 1. The summed E-state index contributed by atoms with van der Waals surface area (Å²) < 4.78 is 6.58. The third-order valence-corrected chi connectivity index (χ3v) is 6.31. The molecule has 8 nitrogen and oxygen atoms in total. The Morgan fingerprint density at radius 3 is 2.59 bits per heavy atom. The molecular formula is C23H27N5O3S. The number of ether oxygens (including phenoxy) is 1. The van der Waals surface area contributed by atoms with E-state index in [1.165, 1.54) is 0 Å². The third kappa shape index (κ3) is 5.41. The summed E-state index contributed by atoms with van der Waals surface area (Å²) in [7, 11) is 0. The molecule has 1 aliphatic heterocycles. The molecule has 2 aromatic heterocycles. The van der Waals surface area contributed by atoms with E-state index in [-0.39, 0.29) is 17.5 Å². The van der Waals surface area contributed by atoms with Crippen LogP contribution in [-0.4, -0.2) is 51.2 Å². The van der Waals surface area contributed by atoms with Gasteiger partial charge in [0, 0.05) is 29.7 Å². The number of aryl methyl sites for hydroxylation is 1. The molecule has 3 aromatic rings. The van der Waals surface area contributed by atoms with Gasteiger partial charge in [-0.15, -0.1) is 11.3 Å². The number of nitrogens with zero attached hydrogens (tertiary/aromatic N) is 4. The van der Waals surface area contributed by atoms with Crippen LogP contribution in [0.4, 0.5) is 5.69 Å². The van der Waals surface area contributed by atoms with Gasteiger partial charge in [-0.3, -0.25) is 9.69 Å². The molecular weight excluding hydrogens is 426 g/mol. The molecule has 32 heavy (non-hydrogen) atoms. The molecule has 1 aromatic carbocycles. The van der Waals surface area contributed by atoms with Gasteiger partial charge in [0.25, 0.3) is 0 Å². The summed E-state index contributed by atoms with van der Waals surface area (Å²) in [5.41, 5.74) is 2.92. The van der Waals surface area contributed by atoms with E-state index in [9.17, 15) is 9.59 Å². The van der Waals surface area contributed by atoms with Crippen LogP contribution in [0.2, 0.25) is 0 Å². The zero-order valence-electron chi connectivity index (χ0n) is 18.3. The average molecular weight is 454 g/mol. The number of likely N-dealkylation sites (tertiary alicyclic amines) is 1. The minimum atomic E-state index is -0.442. The van der Waals surface area contributed by atoms with Crippen molar-refractivity contribution >= 4 is 28.9 Å². The Bertz CT molecular complexity index is 1070. The van der Waals surface area contributed by atoms with E-state index in [0.717, 1.165) is 54.6 Å². The van der Waals surface area contributed by atoms with Gasteiger partial charge >= 0.3 is 5.97 Å². The molecule has 0 unspecified atom stereocenters. The van der Waals surface area contributed by atoms with Gasteiger partial charge in [0.1, 0.15) is 0 Å². The monoisotopic (exact) mass is 453 g/mol. The summed E-state index contributed by atoms with van der Waals surface area (Å²) >= 11 is 1.68. The Hall–Kier alpha value is -3.04. The zero-order valence-corrected chi connectivity index (χ0v) is 19.1. The van der Waals surface area contributed by atoms with Gasteiger partial charge in [-0.25, -0.2) is 14.5 Å². The first-order valence-corrected chi connectivity index (χ1v) is 11.7. The van der Waals surface area contributed by atoms with Gasteiger partial charge in [-0.1, -0.05) is 0 Å². The molecule has 0 atom stereocenters. The third-order valence-electron chi connectivity index (χ3n) is 5.48. The number of carbonyl (C=O) groups excluding carboxylic acids is 2. The maximum atomic E-state index is 12.7. The van der Waals surface area contributed by atoms with E-state index in [2.05, 4.69) is 25.7 Å². The molecule has 1 fully saturated rings. The van der Waals surface area contributed by atoms with Crippen molar-refractivity contribution < 1.29 is 14.3 Å². The van der Waals surface area contributed by atoms with Crippen molar-refractivity contribution in [3.8, 4) is 5.69 Å². The number of aromatic nitrogens is 3. The minimum Gasteiger partial charge on any atom is -0.461 e. The Balaban J connectivity index is 1.28. The Morgan fingerprint density at radius 2 is 1.94 bits per heavy atom. The summed E-state index contributed by atoms with van der Waals surface area (Å²) in [4.78, 5) is 31.4. The van der Waals surface area contributed by atoms with Crippen LogP contribution in [0.15, 0.2) is 41.9 Å². The lowest BCUT2D eigenvalue weighted by Crippen LogP contribution is -2.37. The van der Waals surface area contributed by atoms with E-state index >= 15 is 0 Å². The van der Waals surface area contributed by atoms with Gasteiger partial charge in [-0.05, 0) is 70.1 Å². The van der Waals surface area contributed by atoms with Crippen molar-refractivity contribution in [2.75, 3.05) is 25.0 Å². The van der Waals surface area contributed by atoms with Crippen molar-refractivity contribution in [2.24, 2.45) is 5.92 Å². The summed E-state index contributed by atoms with van der Waals surface area (Å²) in [6.07, 6.45) is 3.40. The molecule has 3 heterocycles. The number of esters is 1. The molecule has 0 aliphatic carbocycles. The number of nitrogens with one attached hydrogen (secondary N) is 1.